The lowest BCUT2D eigenvalue weighted by Crippen LogP contribution is -2.48. The minimum atomic E-state index is -0.497. The van der Waals surface area contributed by atoms with Crippen molar-refractivity contribution < 1.29 is 23.6 Å². The average Bonchev–Trinajstić information content (AvgIpc) is 2.97. The van der Waals surface area contributed by atoms with Crippen LogP contribution in [-0.4, -0.2) is 54.3 Å². The van der Waals surface area contributed by atoms with Gasteiger partial charge in [0.1, 0.15) is 6.04 Å². The zero-order valence-corrected chi connectivity index (χ0v) is 14.4. The topological polar surface area (TPSA) is 65.1 Å². The number of nitrogens with zero attached hydrogens (tertiary/aromatic N) is 1. The third-order valence-electron chi connectivity index (χ3n) is 5.57. The van der Waals surface area contributed by atoms with Crippen LogP contribution < -0.4 is 0 Å². The van der Waals surface area contributed by atoms with Gasteiger partial charge in [-0.05, 0) is 58.5 Å². The number of ether oxygens (including phenoxy) is 1. The molecule has 0 aromatic heterocycles. The Balaban J connectivity index is 1.80. The van der Waals surface area contributed by atoms with Gasteiger partial charge in [0.25, 0.3) is 0 Å². The summed E-state index contributed by atoms with van der Waals surface area (Å²) in [5, 5.41) is 0. The van der Waals surface area contributed by atoms with Crippen LogP contribution in [0.2, 0.25) is 0 Å². The number of amides is 1. The molecule has 6 nitrogen and oxygen atoms in total. The van der Waals surface area contributed by atoms with Crippen LogP contribution in [0.4, 0.5) is 0 Å². The van der Waals surface area contributed by atoms with Crippen LogP contribution in [0.25, 0.3) is 0 Å². The molecular weight excluding hydrogens is 297 g/mol. The molecule has 1 amide bonds. The van der Waals surface area contributed by atoms with Crippen molar-refractivity contribution in [2.24, 2.45) is 0 Å². The summed E-state index contributed by atoms with van der Waals surface area (Å²) in [6.45, 7) is 7.97. The van der Waals surface area contributed by atoms with Gasteiger partial charge in [-0.25, -0.2) is 4.79 Å². The zero-order chi connectivity index (χ0) is 17.0. The molecule has 3 aliphatic rings. The summed E-state index contributed by atoms with van der Waals surface area (Å²) in [7, 11) is 0.860. The summed E-state index contributed by atoms with van der Waals surface area (Å²) in [6.07, 6.45) is 3.69. The Morgan fingerprint density at radius 3 is 2.43 bits per heavy atom. The molecule has 2 saturated heterocycles. The second kappa shape index (κ2) is 5.35. The zero-order valence-electron chi connectivity index (χ0n) is 14.4. The first-order valence-corrected chi connectivity index (χ1v) is 8.12. The number of fused-ring (bicyclic) bond motifs is 1. The van der Waals surface area contributed by atoms with Crippen LogP contribution in [0, 0.1) is 0 Å². The van der Waals surface area contributed by atoms with Crippen LogP contribution in [0.3, 0.4) is 0 Å². The highest BCUT2D eigenvalue weighted by atomic mass is 16.7. The standard InChI is InChI=1S/C16H24BNO5/c1-15(2)16(3,4)23-17(22-15)10-8-11-6-7-12(14(20)21-5)18(11)13(19)9-10/h9,11-12H,6-8H2,1-5H3. The highest BCUT2D eigenvalue weighted by Crippen LogP contribution is 2.41. The maximum atomic E-state index is 12.5. The number of hydrogen-bond donors (Lipinski definition) is 0. The van der Waals surface area contributed by atoms with E-state index in [2.05, 4.69) is 0 Å². The Labute approximate surface area is 137 Å². The van der Waals surface area contributed by atoms with E-state index in [1.807, 2.05) is 27.7 Å². The van der Waals surface area contributed by atoms with Crippen molar-refractivity contribution in [1.29, 1.82) is 0 Å². The highest BCUT2D eigenvalue weighted by molar-refractivity contribution is 6.55. The largest absolute Gasteiger partial charge is 0.490 e. The SMILES string of the molecule is COC(=O)C1CCC2CC(B3OC(C)(C)C(C)(C)O3)=CC(=O)N21. The molecule has 3 heterocycles. The van der Waals surface area contributed by atoms with E-state index in [0.29, 0.717) is 12.8 Å². The first kappa shape index (κ1) is 16.5. The molecule has 0 saturated carbocycles. The summed E-state index contributed by atoms with van der Waals surface area (Å²) < 4.78 is 16.9. The van der Waals surface area contributed by atoms with E-state index in [9.17, 15) is 9.59 Å². The van der Waals surface area contributed by atoms with Crippen molar-refractivity contribution >= 4 is 19.0 Å². The molecule has 0 spiro atoms. The van der Waals surface area contributed by atoms with Crippen molar-refractivity contribution in [3.8, 4) is 0 Å². The molecule has 2 atom stereocenters. The normalized spacial score (nSPS) is 31.9. The molecule has 3 rings (SSSR count). The van der Waals surface area contributed by atoms with Gasteiger partial charge >= 0.3 is 13.1 Å². The van der Waals surface area contributed by atoms with Crippen LogP contribution >= 0.6 is 0 Å². The van der Waals surface area contributed by atoms with E-state index >= 15 is 0 Å². The number of carbonyl (C=O) groups is 2. The van der Waals surface area contributed by atoms with Crippen molar-refractivity contribution in [3.63, 3.8) is 0 Å². The molecule has 0 radical (unpaired) electrons. The maximum absolute atomic E-state index is 12.5. The molecule has 0 bridgehead atoms. The molecule has 0 N–H and O–H groups in total. The summed E-state index contributed by atoms with van der Waals surface area (Å²) in [5.74, 6) is -0.493. The van der Waals surface area contributed by atoms with Crippen LogP contribution in [0.1, 0.15) is 47.0 Å². The third kappa shape index (κ3) is 2.60. The van der Waals surface area contributed by atoms with Crippen LogP contribution in [0.5, 0.6) is 0 Å². The van der Waals surface area contributed by atoms with Gasteiger partial charge in [-0.1, -0.05) is 0 Å². The Kier molecular flexibility index (Phi) is 3.84. The van der Waals surface area contributed by atoms with E-state index < -0.39 is 24.4 Å². The second-order valence-corrected chi connectivity index (χ2v) is 7.53. The molecule has 0 aromatic carbocycles. The van der Waals surface area contributed by atoms with Crippen molar-refractivity contribution in [1.82, 2.24) is 4.90 Å². The number of hydrogen-bond acceptors (Lipinski definition) is 5. The molecule has 2 fully saturated rings. The predicted octanol–water partition coefficient (Wildman–Crippen LogP) is 1.48. The van der Waals surface area contributed by atoms with Crippen LogP contribution in [-0.2, 0) is 23.6 Å². The number of rotatable bonds is 2. The predicted molar refractivity (Wildman–Crippen MR) is 84.5 cm³/mol. The summed E-state index contributed by atoms with van der Waals surface area (Å²) in [6, 6.07) is -0.445. The number of methoxy groups -OCH3 is 1. The Hall–Kier alpha value is -1.34. The summed E-state index contributed by atoms with van der Waals surface area (Å²) in [4.78, 5) is 26.0. The minimum Gasteiger partial charge on any atom is -0.467 e. The van der Waals surface area contributed by atoms with Gasteiger partial charge in [-0.15, -0.1) is 0 Å². The third-order valence-corrected chi connectivity index (χ3v) is 5.57. The molecule has 126 valence electrons. The quantitative estimate of drug-likeness (QED) is 0.569. The lowest BCUT2D eigenvalue weighted by Gasteiger charge is -2.32. The van der Waals surface area contributed by atoms with Gasteiger partial charge in [-0.3, -0.25) is 4.79 Å². The van der Waals surface area contributed by atoms with Gasteiger partial charge in [0.05, 0.1) is 18.3 Å². The molecule has 7 heteroatoms. The smallest absolute Gasteiger partial charge is 0.467 e. The van der Waals surface area contributed by atoms with E-state index in [4.69, 9.17) is 14.0 Å². The van der Waals surface area contributed by atoms with Crippen LogP contribution in [0.15, 0.2) is 11.5 Å². The van der Waals surface area contributed by atoms with Gasteiger partial charge in [0.2, 0.25) is 5.91 Å². The molecule has 3 aliphatic heterocycles. The Morgan fingerprint density at radius 1 is 1.26 bits per heavy atom. The Morgan fingerprint density at radius 2 is 1.87 bits per heavy atom. The van der Waals surface area contributed by atoms with Gasteiger partial charge in [0, 0.05) is 6.04 Å². The highest BCUT2D eigenvalue weighted by Gasteiger charge is 2.54. The Bertz CT molecular complexity index is 555. The summed E-state index contributed by atoms with van der Waals surface area (Å²) in [5.41, 5.74) is 0.00617. The van der Waals surface area contributed by atoms with E-state index in [1.54, 1.807) is 11.0 Å². The lowest BCUT2D eigenvalue weighted by atomic mass is 9.73. The molecule has 0 aliphatic carbocycles. The molecule has 23 heavy (non-hydrogen) atoms. The fourth-order valence-electron chi connectivity index (χ4n) is 3.51. The fraction of sp³-hybridized carbons (Fsp3) is 0.750. The van der Waals surface area contributed by atoms with Gasteiger partial charge in [-0.2, -0.15) is 0 Å². The summed E-state index contributed by atoms with van der Waals surface area (Å²) >= 11 is 0. The van der Waals surface area contributed by atoms with Crippen molar-refractivity contribution in [2.75, 3.05) is 7.11 Å². The molecule has 2 unspecified atom stereocenters. The second-order valence-electron chi connectivity index (χ2n) is 7.53. The number of carbonyl (C=O) groups excluding carboxylic acids is 2. The first-order valence-electron chi connectivity index (χ1n) is 8.12. The van der Waals surface area contributed by atoms with Crippen molar-refractivity contribution in [3.05, 3.63) is 11.5 Å². The van der Waals surface area contributed by atoms with Gasteiger partial charge < -0.3 is 18.9 Å². The van der Waals surface area contributed by atoms with E-state index in [1.165, 1.54) is 7.11 Å². The lowest BCUT2D eigenvalue weighted by molar-refractivity contribution is -0.150. The molecule has 0 aromatic rings. The van der Waals surface area contributed by atoms with E-state index in [0.717, 1.165) is 11.9 Å². The van der Waals surface area contributed by atoms with E-state index in [-0.39, 0.29) is 17.9 Å². The van der Waals surface area contributed by atoms with Crippen molar-refractivity contribution in [2.45, 2.75) is 70.2 Å². The minimum absolute atomic E-state index is 0.0191. The van der Waals surface area contributed by atoms with Gasteiger partial charge in [0.15, 0.2) is 0 Å². The monoisotopic (exact) mass is 321 g/mol. The first-order chi connectivity index (χ1) is 10.7. The average molecular weight is 321 g/mol. The maximum Gasteiger partial charge on any atom is 0.490 e. The molecular formula is C16H24BNO5. The fourth-order valence-corrected chi connectivity index (χ4v) is 3.51. The number of esters is 1.